The predicted molar refractivity (Wildman–Crippen MR) is 51.9 cm³/mol. The van der Waals surface area contributed by atoms with Gasteiger partial charge in [0.05, 0.1) is 6.10 Å². The average molecular weight is 174 g/mol. The topological polar surface area (TPSA) is 9.23 Å². The predicted octanol–water partition coefficient (Wildman–Crippen LogP) is 2.31. The molecule has 0 radical (unpaired) electrons. The van der Waals surface area contributed by atoms with E-state index in [1.54, 1.807) is 0 Å². The first kappa shape index (κ1) is 9.48. The van der Waals surface area contributed by atoms with Crippen molar-refractivity contribution in [2.75, 3.05) is 12.8 Å². The Morgan fingerprint density at radius 3 is 2.64 bits per heavy atom. The van der Waals surface area contributed by atoms with Gasteiger partial charge in [-0.2, -0.15) is 0 Å². The summed E-state index contributed by atoms with van der Waals surface area (Å²) < 4.78 is 5.64. The molecule has 2 heteroatoms. The van der Waals surface area contributed by atoms with Crippen LogP contribution in [0.1, 0.15) is 26.7 Å². The number of hydrogen-bond donors (Lipinski definition) is 0. The van der Waals surface area contributed by atoms with Crippen LogP contribution >= 0.6 is 9.24 Å². The van der Waals surface area contributed by atoms with E-state index in [0.717, 1.165) is 18.4 Å². The van der Waals surface area contributed by atoms with Crippen LogP contribution in [0.3, 0.4) is 0 Å². The van der Waals surface area contributed by atoms with E-state index in [1.807, 2.05) is 0 Å². The molecule has 1 rings (SSSR count). The normalized spacial score (nSPS) is 37.9. The molecular weight excluding hydrogens is 155 g/mol. The van der Waals surface area contributed by atoms with E-state index in [0.29, 0.717) is 6.10 Å². The van der Waals surface area contributed by atoms with Crippen LogP contribution < -0.4 is 0 Å². The molecule has 0 aromatic rings. The van der Waals surface area contributed by atoms with Gasteiger partial charge in [-0.15, -0.1) is 9.24 Å². The fourth-order valence-electron chi connectivity index (χ4n) is 1.97. The largest absolute Gasteiger partial charge is 0.378 e. The summed E-state index contributed by atoms with van der Waals surface area (Å²) in [7, 11) is 2.84. The lowest BCUT2D eigenvalue weighted by molar-refractivity contribution is 0.0402. The van der Waals surface area contributed by atoms with Crippen LogP contribution in [0.2, 0.25) is 0 Å². The monoisotopic (exact) mass is 174 g/mol. The van der Waals surface area contributed by atoms with E-state index in [4.69, 9.17) is 4.74 Å². The molecule has 0 aromatic heterocycles. The molecule has 2 unspecified atom stereocenters. The van der Waals surface area contributed by atoms with Crippen LogP contribution in [0.5, 0.6) is 0 Å². The Morgan fingerprint density at radius 1 is 1.45 bits per heavy atom. The quantitative estimate of drug-likeness (QED) is 0.596. The van der Waals surface area contributed by atoms with Gasteiger partial charge in [-0.3, -0.25) is 0 Å². The van der Waals surface area contributed by atoms with E-state index in [1.165, 1.54) is 19.0 Å². The van der Waals surface area contributed by atoms with E-state index in [-0.39, 0.29) is 0 Å². The highest BCUT2D eigenvalue weighted by molar-refractivity contribution is 7.16. The molecule has 1 nitrogen and oxygen atoms in total. The first-order valence-electron chi connectivity index (χ1n) is 4.59. The Hall–Kier alpha value is 0.390. The number of hydrogen-bond acceptors (Lipinski definition) is 1. The molecule has 0 aliphatic heterocycles. The van der Waals surface area contributed by atoms with Gasteiger partial charge in [0.25, 0.3) is 0 Å². The molecule has 1 aliphatic rings. The highest BCUT2D eigenvalue weighted by Crippen LogP contribution is 2.33. The minimum atomic E-state index is 0.547. The van der Waals surface area contributed by atoms with Crippen molar-refractivity contribution in [2.24, 2.45) is 11.8 Å². The van der Waals surface area contributed by atoms with Gasteiger partial charge in [-0.25, -0.2) is 0 Å². The lowest BCUT2D eigenvalue weighted by Crippen LogP contribution is -2.15. The summed E-state index contributed by atoms with van der Waals surface area (Å²) in [6, 6.07) is 0. The Balaban J connectivity index is 2.32. The average Bonchev–Trinajstić information content (AvgIpc) is 2.33. The fraction of sp³-hybridized carbons (Fsp3) is 1.00. The molecule has 0 aromatic carbocycles. The first-order valence-corrected chi connectivity index (χ1v) is 5.41. The minimum absolute atomic E-state index is 0.547. The zero-order chi connectivity index (χ0) is 8.27. The highest BCUT2D eigenvalue weighted by Gasteiger charge is 2.30. The Labute approximate surface area is 72.1 Å². The van der Waals surface area contributed by atoms with Crippen LogP contribution in [0.15, 0.2) is 0 Å². The Kier molecular flexibility index (Phi) is 3.81. The van der Waals surface area contributed by atoms with Crippen LogP contribution in [-0.4, -0.2) is 18.9 Å². The summed E-state index contributed by atoms with van der Waals surface area (Å²) in [6.45, 7) is 5.26. The van der Waals surface area contributed by atoms with Gasteiger partial charge in [0.1, 0.15) is 0 Å². The highest BCUT2D eigenvalue weighted by atomic mass is 31.0. The first-order chi connectivity index (χ1) is 5.27. The summed E-state index contributed by atoms with van der Waals surface area (Å²) in [5.41, 5.74) is 0. The van der Waals surface area contributed by atoms with E-state index < -0.39 is 0 Å². The molecule has 1 aliphatic carbocycles. The van der Waals surface area contributed by atoms with Crippen LogP contribution in [0, 0.1) is 11.8 Å². The number of rotatable bonds is 3. The van der Waals surface area contributed by atoms with Crippen molar-refractivity contribution in [3.63, 3.8) is 0 Å². The van der Waals surface area contributed by atoms with Crippen molar-refractivity contribution in [2.45, 2.75) is 32.8 Å². The van der Waals surface area contributed by atoms with Crippen molar-refractivity contribution in [1.82, 2.24) is 0 Å². The number of ether oxygens (including phenoxy) is 1. The zero-order valence-corrected chi connectivity index (χ0v) is 8.70. The van der Waals surface area contributed by atoms with Gasteiger partial charge in [-0.1, -0.05) is 6.92 Å². The molecule has 1 fully saturated rings. The third-order valence-corrected chi connectivity index (χ3v) is 3.29. The molecule has 0 saturated heterocycles. The molecule has 0 spiro atoms. The summed E-state index contributed by atoms with van der Waals surface area (Å²) in [4.78, 5) is 0. The van der Waals surface area contributed by atoms with Crippen molar-refractivity contribution in [3.05, 3.63) is 0 Å². The maximum absolute atomic E-state index is 5.64. The third-order valence-electron chi connectivity index (χ3n) is 2.62. The minimum Gasteiger partial charge on any atom is -0.378 e. The zero-order valence-electron chi connectivity index (χ0n) is 7.55. The summed E-state index contributed by atoms with van der Waals surface area (Å²) in [5, 5.41) is 0. The van der Waals surface area contributed by atoms with Crippen molar-refractivity contribution >= 4 is 9.24 Å². The summed E-state index contributed by atoms with van der Waals surface area (Å²) in [6.07, 6.45) is 4.42. The second-order valence-corrected chi connectivity index (χ2v) is 4.02. The molecule has 4 atom stereocenters. The molecule has 0 N–H and O–H groups in total. The van der Waals surface area contributed by atoms with Crippen LogP contribution in [0.25, 0.3) is 0 Å². The second-order valence-electron chi connectivity index (χ2n) is 3.54. The molecule has 66 valence electrons. The Bertz CT molecular complexity index is 116. The third kappa shape index (κ3) is 2.42. The van der Waals surface area contributed by atoms with Gasteiger partial charge >= 0.3 is 0 Å². The standard InChI is InChI=1S/C9H19OP/c1-3-10-9-5-8(6-11)4-7(9)2/h7-9H,3-6,11H2,1-2H3/t7-,8-,9?/m1/s1. The van der Waals surface area contributed by atoms with Gasteiger partial charge in [-0.05, 0) is 37.8 Å². The lowest BCUT2D eigenvalue weighted by Gasteiger charge is -2.14. The fourth-order valence-corrected chi connectivity index (χ4v) is 2.36. The molecular formula is C9H19OP. The summed E-state index contributed by atoms with van der Waals surface area (Å²) in [5.74, 6) is 1.67. The van der Waals surface area contributed by atoms with E-state index in [2.05, 4.69) is 23.1 Å². The van der Waals surface area contributed by atoms with Gasteiger partial charge in [0, 0.05) is 6.61 Å². The Morgan fingerprint density at radius 2 is 2.18 bits per heavy atom. The second kappa shape index (κ2) is 4.42. The molecule has 0 amide bonds. The van der Waals surface area contributed by atoms with Crippen LogP contribution in [0.4, 0.5) is 0 Å². The molecule has 0 heterocycles. The molecule has 1 saturated carbocycles. The van der Waals surface area contributed by atoms with Gasteiger partial charge < -0.3 is 4.74 Å². The molecule has 0 bridgehead atoms. The summed E-state index contributed by atoms with van der Waals surface area (Å²) >= 11 is 0. The van der Waals surface area contributed by atoms with Gasteiger partial charge in [0.2, 0.25) is 0 Å². The lowest BCUT2D eigenvalue weighted by atomic mass is 10.1. The smallest absolute Gasteiger partial charge is 0.0603 e. The van der Waals surface area contributed by atoms with Gasteiger partial charge in [0.15, 0.2) is 0 Å². The molecule has 11 heavy (non-hydrogen) atoms. The van der Waals surface area contributed by atoms with Crippen molar-refractivity contribution in [3.8, 4) is 0 Å². The SMILES string of the molecule is CCOC1C[C@H](CP)C[C@H]1C. The maximum Gasteiger partial charge on any atom is 0.0603 e. The van der Waals surface area contributed by atoms with Crippen LogP contribution in [-0.2, 0) is 4.74 Å². The maximum atomic E-state index is 5.64. The van der Waals surface area contributed by atoms with Crippen molar-refractivity contribution in [1.29, 1.82) is 0 Å². The van der Waals surface area contributed by atoms with E-state index >= 15 is 0 Å². The van der Waals surface area contributed by atoms with Crippen molar-refractivity contribution < 1.29 is 4.74 Å². The van der Waals surface area contributed by atoms with E-state index in [9.17, 15) is 0 Å².